The average molecular weight is 486 g/mol. The molecule has 0 bridgehead atoms. The van der Waals surface area contributed by atoms with Gasteiger partial charge in [0, 0.05) is 37.4 Å². The van der Waals surface area contributed by atoms with Gasteiger partial charge in [-0.2, -0.15) is 0 Å². The summed E-state index contributed by atoms with van der Waals surface area (Å²) < 4.78 is 33.9. The lowest BCUT2D eigenvalue weighted by Crippen LogP contribution is -2.41. The molecule has 0 atom stereocenters. The Kier molecular flexibility index (Phi) is 7.91. The minimum atomic E-state index is -3.79. The Morgan fingerprint density at radius 1 is 1.00 bits per heavy atom. The number of carbonyl (C=O) groups excluding carboxylic acids is 1. The van der Waals surface area contributed by atoms with Gasteiger partial charge < -0.3 is 9.64 Å². The molecule has 4 rings (SSSR count). The molecule has 0 aromatic heterocycles. The van der Waals surface area contributed by atoms with Gasteiger partial charge in [-0.05, 0) is 75.4 Å². The fraction of sp³-hybridized carbons (Fsp3) is 0.500. The second-order valence-corrected chi connectivity index (χ2v) is 11.1. The highest BCUT2D eigenvalue weighted by Gasteiger charge is 2.26. The van der Waals surface area contributed by atoms with Gasteiger partial charge in [-0.15, -0.1) is 0 Å². The molecule has 2 saturated heterocycles. The van der Waals surface area contributed by atoms with Crippen molar-refractivity contribution in [3.63, 3.8) is 0 Å². The van der Waals surface area contributed by atoms with Crippen molar-refractivity contribution in [1.82, 2.24) is 9.80 Å². The Labute approximate surface area is 203 Å². The number of ether oxygens (including phenoxy) is 1. The van der Waals surface area contributed by atoms with Crippen molar-refractivity contribution >= 4 is 21.6 Å². The van der Waals surface area contributed by atoms with Crippen LogP contribution in [0.15, 0.2) is 47.4 Å². The normalized spacial score (nSPS) is 18.1. The van der Waals surface area contributed by atoms with Gasteiger partial charge in [-0.3, -0.25) is 14.4 Å². The lowest BCUT2D eigenvalue weighted by molar-refractivity contribution is 0.0332. The van der Waals surface area contributed by atoms with E-state index in [1.165, 1.54) is 6.07 Å². The van der Waals surface area contributed by atoms with E-state index in [-0.39, 0.29) is 10.8 Å². The molecular formula is C26H35N3O4S. The second kappa shape index (κ2) is 10.9. The van der Waals surface area contributed by atoms with Crippen molar-refractivity contribution in [3.05, 3.63) is 59.2 Å². The van der Waals surface area contributed by atoms with Crippen molar-refractivity contribution < 1.29 is 17.9 Å². The Morgan fingerprint density at radius 3 is 2.35 bits per heavy atom. The van der Waals surface area contributed by atoms with Gasteiger partial charge in [0.2, 0.25) is 0 Å². The van der Waals surface area contributed by atoms with E-state index in [0.29, 0.717) is 30.3 Å². The van der Waals surface area contributed by atoms with Gasteiger partial charge in [0.15, 0.2) is 0 Å². The minimum Gasteiger partial charge on any atom is -0.379 e. The molecule has 184 valence electrons. The summed E-state index contributed by atoms with van der Waals surface area (Å²) in [6.07, 6.45) is 3.13. The van der Waals surface area contributed by atoms with Crippen molar-refractivity contribution in [2.75, 3.05) is 50.7 Å². The lowest BCUT2D eigenvalue weighted by Gasteiger charge is -2.34. The molecular weight excluding hydrogens is 450 g/mol. The molecule has 8 heteroatoms. The van der Waals surface area contributed by atoms with E-state index >= 15 is 0 Å². The topological polar surface area (TPSA) is 79.0 Å². The van der Waals surface area contributed by atoms with Crippen LogP contribution in [0.5, 0.6) is 0 Å². The number of sulfonamides is 1. The number of morpholine rings is 1. The minimum absolute atomic E-state index is 0.0866. The van der Waals surface area contributed by atoms with E-state index in [9.17, 15) is 13.2 Å². The number of anilines is 1. The van der Waals surface area contributed by atoms with Gasteiger partial charge in [0.25, 0.3) is 15.9 Å². The van der Waals surface area contributed by atoms with E-state index < -0.39 is 10.0 Å². The predicted molar refractivity (Wildman–Crippen MR) is 134 cm³/mol. The standard InChI is InChI=1S/C26H35N3O4S/c1-20-3-6-23(7-4-20)27-34(31,32)24-8-5-21(2)25(19-24)26(30)29-13-10-22(11-14-29)9-12-28-15-17-33-18-16-28/h3-8,19,22,27H,9-18H2,1-2H3. The van der Waals surface area contributed by atoms with Crippen LogP contribution >= 0.6 is 0 Å². The third-order valence-electron chi connectivity index (χ3n) is 6.91. The summed E-state index contributed by atoms with van der Waals surface area (Å²) in [6, 6.07) is 12.0. The monoisotopic (exact) mass is 485 g/mol. The smallest absolute Gasteiger partial charge is 0.261 e. The molecule has 2 aliphatic rings. The van der Waals surface area contributed by atoms with Gasteiger partial charge in [0.1, 0.15) is 0 Å². The number of hydrogen-bond acceptors (Lipinski definition) is 5. The molecule has 0 saturated carbocycles. The van der Waals surface area contributed by atoms with Crippen LogP contribution in [0.1, 0.15) is 40.7 Å². The molecule has 0 radical (unpaired) electrons. The molecule has 2 fully saturated rings. The maximum Gasteiger partial charge on any atom is 0.261 e. The number of rotatable bonds is 7. The van der Waals surface area contributed by atoms with Gasteiger partial charge in [-0.25, -0.2) is 8.42 Å². The van der Waals surface area contributed by atoms with Gasteiger partial charge in [0.05, 0.1) is 18.1 Å². The van der Waals surface area contributed by atoms with Crippen LogP contribution in [0.4, 0.5) is 5.69 Å². The fourth-order valence-corrected chi connectivity index (χ4v) is 5.70. The van der Waals surface area contributed by atoms with Crippen molar-refractivity contribution in [2.45, 2.75) is 38.0 Å². The number of carbonyl (C=O) groups is 1. The summed E-state index contributed by atoms with van der Waals surface area (Å²) in [4.78, 5) is 17.7. The summed E-state index contributed by atoms with van der Waals surface area (Å²) in [6.45, 7) is 9.98. The largest absolute Gasteiger partial charge is 0.379 e. The average Bonchev–Trinajstić information content (AvgIpc) is 2.85. The van der Waals surface area contributed by atoms with E-state index in [2.05, 4.69) is 9.62 Å². The van der Waals surface area contributed by atoms with E-state index in [4.69, 9.17) is 4.74 Å². The molecule has 2 heterocycles. The second-order valence-electron chi connectivity index (χ2n) is 9.43. The molecule has 2 aliphatic heterocycles. The van der Waals surface area contributed by atoms with E-state index in [1.807, 2.05) is 30.9 Å². The zero-order valence-electron chi connectivity index (χ0n) is 20.1. The van der Waals surface area contributed by atoms with Crippen LogP contribution in [0.25, 0.3) is 0 Å². The molecule has 1 N–H and O–H groups in total. The summed E-state index contributed by atoms with van der Waals surface area (Å²) in [5.41, 5.74) is 2.79. The zero-order chi connectivity index (χ0) is 24.1. The third kappa shape index (κ3) is 6.17. The molecule has 0 aliphatic carbocycles. The number of benzene rings is 2. The van der Waals surface area contributed by atoms with Crippen molar-refractivity contribution in [3.8, 4) is 0 Å². The maximum atomic E-state index is 13.3. The summed E-state index contributed by atoms with van der Waals surface area (Å²) in [7, 11) is -3.79. The van der Waals surface area contributed by atoms with Crippen LogP contribution in [0, 0.1) is 19.8 Å². The van der Waals surface area contributed by atoms with Gasteiger partial charge >= 0.3 is 0 Å². The molecule has 2 aromatic carbocycles. The SMILES string of the molecule is Cc1ccc(NS(=O)(=O)c2ccc(C)c(C(=O)N3CCC(CCN4CCOCC4)CC3)c2)cc1. The first-order valence-electron chi connectivity index (χ1n) is 12.1. The number of amides is 1. The first-order valence-corrected chi connectivity index (χ1v) is 13.6. The predicted octanol–water partition coefficient (Wildman–Crippen LogP) is 3.68. The lowest BCUT2D eigenvalue weighted by atomic mass is 9.92. The molecule has 0 unspecified atom stereocenters. The van der Waals surface area contributed by atoms with Crippen LogP contribution in [0.2, 0.25) is 0 Å². The van der Waals surface area contributed by atoms with E-state index in [1.54, 1.807) is 24.3 Å². The van der Waals surface area contributed by atoms with Crippen LogP contribution in [0.3, 0.4) is 0 Å². The van der Waals surface area contributed by atoms with Gasteiger partial charge in [-0.1, -0.05) is 23.8 Å². The Morgan fingerprint density at radius 2 is 1.68 bits per heavy atom. The molecule has 1 amide bonds. The Bertz CT molecular complexity index is 1090. The first kappa shape index (κ1) is 24.7. The number of nitrogens with one attached hydrogen (secondary N) is 1. The molecule has 0 spiro atoms. The highest BCUT2D eigenvalue weighted by Crippen LogP contribution is 2.25. The first-order chi connectivity index (χ1) is 16.3. The number of likely N-dealkylation sites (tertiary alicyclic amines) is 1. The van der Waals surface area contributed by atoms with Crippen molar-refractivity contribution in [1.29, 1.82) is 0 Å². The van der Waals surface area contributed by atoms with Crippen LogP contribution < -0.4 is 4.72 Å². The third-order valence-corrected chi connectivity index (χ3v) is 8.29. The quantitative estimate of drug-likeness (QED) is 0.647. The Hall–Kier alpha value is -2.42. The zero-order valence-corrected chi connectivity index (χ0v) is 20.9. The highest BCUT2D eigenvalue weighted by atomic mass is 32.2. The van der Waals surface area contributed by atoms with Crippen molar-refractivity contribution in [2.24, 2.45) is 5.92 Å². The number of nitrogens with zero attached hydrogens (tertiary/aromatic N) is 2. The number of piperidine rings is 1. The summed E-state index contributed by atoms with van der Waals surface area (Å²) in [5.74, 6) is 0.537. The molecule has 34 heavy (non-hydrogen) atoms. The number of aryl methyl sites for hydroxylation is 2. The summed E-state index contributed by atoms with van der Waals surface area (Å²) >= 11 is 0. The summed E-state index contributed by atoms with van der Waals surface area (Å²) in [5, 5.41) is 0. The molecule has 2 aromatic rings. The molecule has 7 nitrogen and oxygen atoms in total. The number of hydrogen-bond donors (Lipinski definition) is 1. The maximum absolute atomic E-state index is 13.3. The fourth-order valence-electron chi connectivity index (χ4n) is 4.62. The van der Waals surface area contributed by atoms with E-state index in [0.717, 1.165) is 63.2 Å². The van der Waals surface area contributed by atoms with Crippen LogP contribution in [-0.4, -0.2) is 70.1 Å². The van der Waals surface area contributed by atoms with Crippen LogP contribution in [-0.2, 0) is 14.8 Å². The Balaban J connectivity index is 1.37. The highest BCUT2D eigenvalue weighted by molar-refractivity contribution is 7.92.